The molecule has 0 unspecified atom stereocenters. The van der Waals surface area contributed by atoms with Crippen LogP contribution in [0.4, 0.5) is 5.69 Å². The van der Waals surface area contributed by atoms with Crippen molar-refractivity contribution in [3.8, 4) is 5.75 Å². The number of nitrogens with zero attached hydrogens (tertiary/aromatic N) is 3. The van der Waals surface area contributed by atoms with Gasteiger partial charge in [0.2, 0.25) is 0 Å². The molecule has 158 valence electrons. The normalized spacial score (nSPS) is 10.8. The molecule has 1 N–H and O–H groups in total. The van der Waals surface area contributed by atoms with E-state index in [1.54, 1.807) is 18.3 Å². The molecule has 0 radical (unpaired) electrons. The lowest BCUT2D eigenvalue weighted by molar-refractivity contribution is -0.385. The Morgan fingerprint density at radius 1 is 1.23 bits per heavy atom. The fourth-order valence-electron chi connectivity index (χ4n) is 2.88. The number of aryl methyl sites for hydroxylation is 1. The van der Waals surface area contributed by atoms with Crippen LogP contribution in [0.1, 0.15) is 27.0 Å². The quantitative estimate of drug-likeness (QED) is 0.358. The third-order valence-electron chi connectivity index (χ3n) is 4.52. The summed E-state index contributed by atoms with van der Waals surface area (Å²) in [6.07, 6.45) is 2.86. The minimum absolute atomic E-state index is 0.0625. The maximum absolute atomic E-state index is 12.7. The number of carbonyl (C=O) groups is 1. The Morgan fingerprint density at radius 3 is 2.65 bits per heavy atom. The van der Waals surface area contributed by atoms with E-state index >= 15 is 0 Å². The second-order valence-corrected chi connectivity index (χ2v) is 6.73. The average molecular weight is 420 g/mol. The van der Waals surface area contributed by atoms with Crippen LogP contribution in [0, 0.1) is 17.0 Å². The Morgan fingerprint density at radius 2 is 1.97 bits per heavy atom. The van der Waals surface area contributed by atoms with Crippen LogP contribution in [0.2, 0.25) is 0 Å². The Labute approximate surface area is 177 Å². The van der Waals surface area contributed by atoms with Crippen LogP contribution in [0.5, 0.6) is 5.75 Å². The molecule has 0 spiro atoms. The summed E-state index contributed by atoms with van der Waals surface area (Å²) >= 11 is 0. The molecule has 0 bridgehead atoms. The number of hydrazone groups is 1. The molecular weight excluding hydrogens is 400 g/mol. The Hall–Kier alpha value is -4.27. The molecule has 9 nitrogen and oxygen atoms in total. The Balaban J connectivity index is 1.74. The van der Waals surface area contributed by atoms with Gasteiger partial charge in [0.05, 0.1) is 24.8 Å². The molecular formula is C22H20N4O5. The highest BCUT2D eigenvalue weighted by molar-refractivity contribution is 5.94. The van der Waals surface area contributed by atoms with Crippen LogP contribution < -0.4 is 15.7 Å². The van der Waals surface area contributed by atoms with Crippen molar-refractivity contribution in [2.24, 2.45) is 5.10 Å². The van der Waals surface area contributed by atoms with Crippen molar-refractivity contribution >= 4 is 17.8 Å². The highest BCUT2D eigenvalue weighted by Gasteiger charge is 2.15. The van der Waals surface area contributed by atoms with Crippen molar-refractivity contribution in [1.82, 2.24) is 9.99 Å². The van der Waals surface area contributed by atoms with Crippen LogP contribution in [0.25, 0.3) is 0 Å². The molecule has 31 heavy (non-hydrogen) atoms. The molecule has 0 aliphatic rings. The number of amides is 1. The third kappa shape index (κ3) is 5.21. The number of nitrogens with one attached hydrogen (secondary N) is 1. The number of methoxy groups -OCH3 is 1. The molecule has 3 rings (SSSR count). The number of ether oxygens (including phenoxy) is 1. The van der Waals surface area contributed by atoms with Gasteiger partial charge < -0.3 is 9.30 Å². The predicted octanol–water partition coefficient (Wildman–Crippen LogP) is 2.89. The van der Waals surface area contributed by atoms with Gasteiger partial charge in [-0.1, -0.05) is 29.8 Å². The highest BCUT2D eigenvalue weighted by atomic mass is 16.6. The van der Waals surface area contributed by atoms with Gasteiger partial charge in [0.1, 0.15) is 5.56 Å². The van der Waals surface area contributed by atoms with Crippen LogP contribution in [0.15, 0.2) is 70.7 Å². The molecule has 0 fully saturated rings. The molecule has 9 heteroatoms. The monoisotopic (exact) mass is 420 g/mol. The smallest absolute Gasteiger partial charge is 0.311 e. The Kier molecular flexibility index (Phi) is 6.56. The number of nitro groups is 1. The summed E-state index contributed by atoms with van der Waals surface area (Å²) in [4.78, 5) is 35.6. The summed E-state index contributed by atoms with van der Waals surface area (Å²) in [5, 5.41) is 14.9. The number of pyridine rings is 1. The van der Waals surface area contributed by atoms with Crippen molar-refractivity contribution in [3.05, 3.63) is 104 Å². The molecule has 0 aliphatic carbocycles. The number of hydrogen-bond donors (Lipinski definition) is 1. The first kappa shape index (κ1) is 21.4. The summed E-state index contributed by atoms with van der Waals surface area (Å²) < 4.78 is 6.38. The maximum Gasteiger partial charge on any atom is 0.311 e. The second kappa shape index (κ2) is 9.49. The zero-order valence-corrected chi connectivity index (χ0v) is 16.9. The SMILES string of the molecule is COc1ccc(/C=N\NC(=O)c2cccn(Cc3ccc(C)cc3)c2=O)cc1[N+](=O)[O-]. The van der Waals surface area contributed by atoms with E-state index in [0.717, 1.165) is 11.1 Å². The molecule has 0 saturated carbocycles. The fourth-order valence-corrected chi connectivity index (χ4v) is 2.88. The summed E-state index contributed by atoms with van der Waals surface area (Å²) in [6.45, 7) is 2.31. The number of hydrogen-bond acceptors (Lipinski definition) is 6. The van der Waals surface area contributed by atoms with E-state index in [0.29, 0.717) is 12.1 Å². The first-order valence-corrected chi connectivity index (χ1v) is 9.30. The van der Waals surface area contributed by atoms with Gasteiger partial charge in [-0.25, -0.2) is 5.43 Å². The predicted molar refractivity (Wildman–Crippen MR) is 116 cm³/mol. The van der Waals surface area contributed by atoms with E-state index in [1.165, 1.54) is 36.1 Å². The summed E-state index contributed by atoms with van der Waals surface area (Å²) in [6, 6.07) is 15.0. The fraction of sp³-hybridized carbons (Fsp3) is 0.136. The van der Waals surface area contributed by atoms with Gasteiger partial charge in [-0.2, -0.15) is 5.10 Å². The zero-order chi connectivity index (χ0) is 22.4. The lowest BCUT2D eigenvalue weighted by atomic mass is 10.1. The van der Waals surface area contributed by atoms with E-state index in [-0.39, 0.29) is 17.0 Å². The highest BCUT2D eigenvalue weighted by Crippen LogP contribution is 2.26. The minimum Gasteiger partial charge on any atom is -0.490 e. The van der Waals surface area contributed by atoms with E-state index in [2.05, 4.69) is 10.5 Å². The number of benzene rings is 2. The van der Waals surface area contributed by atoms with Gasteiger partial charge in [0, 0.05) is 17.8 Å². The molecule has 1 amide bonds. The first-order chi connectivity index (χ1) is 14.9. The summed E-state index contributed by atoms with van der Waals surface area (Å²) in [5.41, 5.74) is 3.98. The van der Waals surface area contributed by atoms with E-state index < -0.39 is 16.4 Å². The van der Waals surface area contributed by atoms with Gasteiger partial charge in [-0.3, -0.25) is 19.7 Å². The molecule has 0 saturated heterocycles. The van der Waals surface area contributed by atoms with Crippen molar-refractivity contribution < 1.29 is 14.5 Å². The second-order valence-electron chi connectivity index (χ2n) is 6.73. The van der Waals surface area contributed by atoms with E-state index in [9.17, 15) is 19.7 Å². The van der Waals surface area contributed by atoms with E-state index in [4.69, 9.17) is 4.74 Å². The van der Waals surface area contributed by atoms with Gasteiger partial charge >= 0.3 is 5.69 Å². The van der Waals surface area contributed by atoms with Crippen molar-refractivity contribution in [2.45, 2.75) is 13.5 Å². The van der Waals surface area contributed by atoms with E-state index in [1.807, 2.05) is 31.2 Å². The number of nitro benzene ring substituents is 1. The standard InChI is InChI=1S/C22H20N4O5/c1-15-5-7-16(8-6-15)14-25-11-3-4-18(22(25)28)21(27)24-23-13-17-9-10-20(31-2)19(12-17)26(29)30/h3-13H,14H2,1-2H3,(H,24,27)/b23-13-. The number of rotatable bonds is 7. The lowest BCUT2D eigenvalue weighted by Crippen LogP contribution is -2.30. The Bertz CT molecular complexity index is 1200. The number of carbonyl (C=O) groups excluding carboxylic acids is 1. The zero-order valence-electron chi connectivity index (χ0n) is 16.9. The first-order valence-electron chi connectivity index (χ1n) is 9.30. The van der Waals surface area contributed by atoms with Crippen LogP contribution in [0.3, 0.4) is 0 Å². The average Bonchev–Trinajstić information content (AvgIpc) is 2.76. The van der Waals surface area contributed by atoms with Gasteiger partial charge in [-0.05, 0) is 36.8 Å². The molecule has 0 aliphatic heterocycles. The molecule has 0 atom stereocenters. The topological polar surface area (TPSA) is 116 Å². The summed E-state index contributed by atoms with van der Waals surface area (Å²) in [7, 11) is 1.34. The maximum atomic E-state index is 12.7. The molecule has 3 aromatic rings. The van der Waals surface area contributed by atoms with Crippen LogP contribution >= 0.6 is 0 Å². The number of aromatic nitrogens is 1. The largest absolute Gasteiger partial charge is 0.490 e. The van der Waals surface area contributed by atoms with Crippen LogP contribution in [-0.4, -0.2) is 28.7 Å². The van der Waals surface area contributed by atoms with Crippen molar-refractivity contribution in [1.29, 1.82) is 0 Å². The molecule has 1 heterocycles. The van der Waals surface area contributed by atoms with Crippen molar-refractivity contribution in [2.75, 3.05) is 7.11 Å². The van der Waals surface area contributed by atoms with Crippen molar-refractivity contribution in [3.63, 3.8) is 0 Å². The molecule has 1 aromatic heterocycles. The van der Waals surface area contributed by atoms with Crippen LogP contribution in [-0.2, 0) is 6.54 Å². The molecule has 2 aromatic carbocycles. The van der Waals surface area contributed by atoms with Gasteiger partial charge in [0.25, 0.3) is 11.5 Å². The lowest BCUT2D eigenvalue weighted by Gasteiger charge is -2.08. The summed E-state index contributed by atoms with van der Waals surface area (Å²) in [5.74, 6) is -0.563. The van der Waals surface area contributed by atoms with Gasteiger partial charge in [-0.15, -0.1) is 0 Å². The van der Waals surface area contributed by atoms with Gasteiger partial charge in [0.15, 0.2) is 5.75 Å². The minimum atomic E-state index is -0.678. The third-order valence-corrected chi connectivity index (χ3v) is 4.52.